The van der Waals surface area contributed by atoms with Crippen LogP contribution >= 0.6 is 0 Å². The molecule has 0 unspecified atom stereocenters. The van der Waals surface area contributed by atoms with Gasteiger partial charge in [0.15, 0.2) is 0 Å². The zero-order valence-corrected chi connectivity index (χ0v) is 12.1. The number of benzene rings is 1. The van der Waals surface area contributed by atoms with Gasteiger partial charge in [-0.05, 0) is 30.7 Å². The van der Waals surface area contributed by atoms with E-state index in [9.17, 15) is 0 Å². The quantitative estimate of drug-likeness (QED) is 0.755. The van der Waals surface area contributed by atoms with Crippen LogP contribution in [0.1, 0.15) is 19.0 Å². The molecular weight excluding hydrogens is 262 g/mol. The summed E-state index contributed by atoms with van der Waals surface area (Å²) in [6.07, 6.45) is 6.67. The van der Waals surface area contributed by atoms with Crippen molar-refractivity contribution in [1.82, 2.24) is 19.6 Å². The molecule has 0 amide bonds. The van der Waals surface area contributed by atoms with E-state index in [0.717, 1.165) is 30.9 Å². The lowest BCUT2D eigenvalue weighted by molar-refractivity contribution is 0.578. The van der Waals surface area contributed by atoms with Crippen molar-refractivity contribution in [2.45, 2.75) is 26.4 Å². The molecule has 21 heavy (non-hydrogen) atoms. The van der Waals surface area contributed by atoms with Crippen molar-refractivity contribution in [3.05, 3.63) is 60.7 Å². The number of nitrogens with one attached hydrogen (secondary N) is 1. The Bertz CT molecular complexity index is 684. The molecule has 1 aromatic carbocycles. The number of aryl methyl sites for hydroxylation is 1. The average molecular weight is 281 g/mol. The summed E-state index contributed by atoms with van der Waals surface area (Å²) in [4.78, 5) is 0. The van der Waals surface area contributed by atoms with Crippen LogP contribution in [0.25, 0.3) is 5.69 Å². The van der Waals surface area contributed by atoms with E-state index in [0.29, 0.717) is 0 Å². The monoisotopic (exact) mass is 281 g/mol. The fraction of sp³-hybridized carbons (Fsp3) is 0.250. The van der Waals surface area contributed by atoms with Crippen molar-refractivity contribution in [2.24, 2.45) is 0 Å². The van der Waals surface area contributed by atoms with Crippen molar-refractivity contribution >= 4 is 5.69 Å². The van der Waals surface area contributed by atoms with E-state index in [-0.39, 0.29) is 0 Å². The summed E-state index contributed by atoms with van der Waals surface area (Å²) in [6, 6.07) is 12.1. The maximum atomic E-state index is 4.35. The van der Waals surface area contributed by atoms with Gasteiger partial charge in [-0.25, -0.2) is 4.68 Å². The lowest BCUT2D eigenvalue weighted by atomic mass is 10.2. The summed E-state index contributed by atoms with van der Waals surface area (Å²) < 4.78 is 3.91. The van der Waals surface area contributed by atoms with Crippen LogP contribution in [0, 0.1) is 0 Å². The Morgan fingerprint density at radius 3 is 2.76 bits per heavy atom. The first-order chi connectivity index (χ1) is 10.4. The van der Waals surface area contributed by atoms with Crippen LogP contribution in [0.4, 0.5) is 5.69 Å². The van der Waals surface area contributed by atoms with Gasteiger partial charge >= 0.3 is 0 Å². The molecule has 3 rings (SSSR count). The minimum Gasteiger partial charge on any atom is -0.378 e. The second-order valence-electron chi connectivity index (χ2n) is 4.87. The highest BCUT2D eigenvalue weighted by Crippen LogP contribution is 2.19. The van der Waals surface area contributed by atoms with E-state index < -0.39 is 0 Å². The number of para-hydroxylation sites is 2. The standard InChI is InChI=1S/C16H19N5/c1-2-11-20-14(8-10-19-20)13-17-15-6-3-4-7-16(15)21-12-5-9-18-21/h3-10,12,17H,2,11,13H2,1H3. The number of aromatic nitrogens is 4. The third kappa shape index (κ3) is 2.97. The Kier molecular flexibility index (Phi) is 4.00. The van der Waals surface area contributed by atoms with Crippen molar-refractivity contribution in [1.29, 1.82) is 0 Å². The number of nitrogens with zero attached hydrogens (tertiary/aromatic N) is 4. The van der Waals surface area contributed by atoms with Crippen molar-refractivity contribution in [3.63, 3.8) is 0 Å². The van der Waals surface area contributed by atoms with Crippen LogP contribution in [-0.2, 0) is 13.1 Å². The highest BCUT2D eigenvalue weighted by Gasteiger charge is 2.06. The maximum Gasteiger partial charge on any atom is 0.0876 e. The van der Waals surface area contributed by atoms with Crippen LogP contribution in [-0.4, -0.2) is 19.6 Å². The number of rotatable bonds is 6. The van der Waals surface area contributed by atoms with Crippen LogP contribution < -0.4 is 5.32 Å². The normalized spacial score (nSPS) is 10.7. The van der Waals surface area contributed by atoms with Crippen LogP contribution in [0.15, 0.2) is 55.0 Å². The summed E-state index contributed by atoms with van der Waals surface area (Å²) >= 11 is 0. The van der Waals surface area contributed by atoms with Gasteiger partial charge in [0.2, 0.25) is 0 Å². The predicted molar refractivity (Wildman–Crippen MR) is 83.4 cm³/mol. The maximum absolute atomic E-state index is 4.35. The highest BCUT2D eigenvalue weighted by molar-refractivity contribution is 5.60. The average Bonchev–Trinajstić information content (AvgIpc) is 3.17. The van der Waals surface area contributed by atoms with Crippen molar-refractivity contribution in [2.75, 3.05) is 5.32 Å². The minimum absolute atomic E-state index is 0.748. The summed E-state index contributed by atoms with van der Waals surface area (Å²) in [7, 11) is 0. The van der Waals surface area contributed by atoms with Crippen LogP contribution in [0.2, 0.25) is 0 Å². The van der Waals surface area contributed by atoms with Gasteiger partial charge in [-0.3, -0.25) is 4.68 Å². The Morgan fingerprint density at radius 2 is 1.95 bits per heavy atom. The Balaban J connectivity index is 1.78. The minimum atomic E-state index is 0.748. The van der Waals surface area contributed by atoms with E-state index in [1.165, 1.54) is 5.69 Å². The summed E-state index contributed by atoms with van der Waals surface area (Å²) in [5.74, 6) is 0. The molecule has 0 saturated carbocycles. The number of hydrogen-bond acceptors (Lipinski definition) is 3. The molecule has 0 bridgehead atoms. The van der Waals surface area contributed by atoms with E-state index in [2.05, 4.69) is 40.6 Å². The molecule has 2 aromatic heterocycles. The summed E-state index contributed by atoms with van der Waals surface area (Å²) in [5.41, 5.74) is 3.29. The van der Waals surface area contributed by atoms with Crippen molar-refractivity contribution in [3.8, 4) is 5.69 Å². The Labute approximate surface area is 124 Å². The third-order valence-corrected chi connectivity index (χ3v) is 3.36. The molecule has 0 atom stereocenters. The first-order valence-corrected chi connectivity index (χ1v) is 7.22. The second kappa shape index (κ2) is 6.26. The molecule has 0 spiro atoms. The molecule has 0 aliphatic carbocycles. The topological polar surface area (TPSA) is 47.7 Å². The smallest absolute Gasteiger partial charge is 0.0876 e. The summed E-state index contributed by atoms with van der Waals surface area (Å²) in [6.45, 7) is 3.86. The van der Waals surface area contributed by atoms with Gasteiger partial charge in [-0.15, -0.1) is 0 Å². The SMILES string of the molecule is CCCn1nccc1CNc1ccccc1-n1cccn1. The predicted octanol–water partition coefficient (Wildman–Crippen LogP) is 3.09. The molecule has 0 aliphatic rings. The van der Waals surface area contributed by atoms with E-state index in [1.807, 2.05) is 40.0 Å². The molecule has 1 N–H and O–H groups in total. The van der Waals surface area contributed by atoms with Crippen LogP contribution in [0.5, 0.6) is 0 Å². The Morgan fingerprint density at radius 1 is 1.05 bits per heavy atom. The van der Waals surface area contributed by atoms with Crippen LogP contribution in [0.3, 0.4) is 0 Å². The van der Waals surface area contributed by atoms with E-state index in [4.69, 9.17) is 0 Å². The molecule has 3 aromatic rings. The van der Waals surface area contributed by atoms with Gasteiger partial charge in [-0.1, -0.05) is 19.1 Å². The lowest BCUT2D eigenvalue weighted by Gasteiger charge is -2.13. The van der Waals surface area contributed by atoms with Gasteiger partial charge in [0, 0.05) is 25.1 Å². The third-order valence-electron chi connectivity index (χ3n) is 3.36. The van der Waals surface area contributed by atoms with Crippen molar-refractivity contribution < 1.29 is 0 Å². The molecule has 108 valence electrons. The molecule has 2 heterocycles. The Hall–Kier alpha value is -2.56. The molecular formula is C16H19N5. The number of anilines is 1. The zero-order chi connectivity index (χ0) is 14.5. The molecule has 5 nitrogen and oxygen atoms in total. The fourth-order valence-electron chi connectivity index (χ4n) is 2.34. The second-order valence-corrected chi connectivity index (χ2v) is 4.87. The van der Waals surface area contributed by atoms with E-state index in [1.54, 1.807) is 6.20 Å². The number of hydrogen-bond donors (Lipinski definition) is 1. The molecule has 0 aliphatic heterocycles. The fourth-order valence-corrected chi connectivity index (χ4v) is 2.34. The lowest BCUT2D eigenvalue weighted by Crippen LogP contribution is -2.10. The zero-order valence-electron chi connectivity index (χ0n) is 12.1. The van der Waals surface area contributed by atoms with Gasteiger partial charge in [0.1, 0.15) is 0 Å². The van der Waals surface area contributed by atoms with Gasteiger partial charge < -0.3 is 5.32 Å². The van der Waals surface area contributed by atoms with Gasteiger partial charge in [-0.2, -0.15) is 10.2 Å². The first kappa shape index (κ1) is 13.4. The molecule has 0 saturated heterocycles. The molecule has 0 radical (unpaired) electrons. The first-order valence-electron chi connectivity index (χ1n) is 7.22. The highest BCUT2D eigenvalue weighted by atomic mass is 15.3. The van der Waals surface area contributed by atoms with E-state index >= 15 is 0 Å². The largest absolute Gasteiger partial charge is 0.378 e. The van der Waals surface area contributed by atoms with Gasteiger partial charge in [0.05, 0.1) is 23.6 Å². The molecule has 5 heteroatoms. The van der Waals surface area contributed by atoms with Gasteiger partial charge in [0.25, 0.3) is 0 Å². The summed E-state index contributed by atoms with van der Waals surface area (Å²) in [5, 5.41) is 12.1. The molecule has 0 fully saturated rings.